The van der Waals surface area contributed by atoms with Gasteiger partial charge in [0.2, 0.25) is 11.7 Å². The van der Waals surface area contributed by atoms with E-state index in [1.54, 1.807) is 0 Å². The fraction of sp³-hybridized carbons (Fsp3) is 0.417. The maximum absolute atomic E-state index is 11.8. The summed E-state index contributed by atoms with van der Waals surface area (Å²) in [6.07, 6.45) is 0.217. The van der Waals surface area contributed by atoms with Gasteiger partial charge in [-0.05, 0) is 12.1 Å². The molecule has 1 heterocycles. The Balaban J connectivity index is 2.48. The Kier molecular flexibility index (Phi) is 5.93. The lowest BCUT2D eigenvalue weighted by Gasteiger charge is -2.14. The molecule has 0 aliphatic rings. The molecule has 0 spiro atoms. The third-order valence-corrected chi connectivity index (χ3v) is 3.62. The minimum Gasteiger partial charge on any atom is -0.475 e. The molecule has 108 valence electrons. The maximum Gasteiger partial charge on any atom is 0.371 e. The van der Waals surface area contributed by atoms with Crippen LogP contribution in [0.2, 0.25) is 0 Å². The molecule has 0 radical (unpaired) electrons. The van der Waals surface area contributed by atoms with Crippen LogP contribution < -0.4 is 0 Å². The van der Waals surface area contributed by atoms with Gasteiger partial charge < -0.3 is 14.4 Å². The number of nitriles is 1. The number of carbonyl (C=O) groups is 2. The molecule has 0 saturated heterocycles. The number of carboxylic acid groups (broad SMARTS) is 1. The van der Waals surface area contributed by atoms with Crippen molar-refractivity contribution in [3.05, 3.63) is 23.7 Å². The second kappa shape index (κ2) is 7.45. The van der Waals surface area contributed by atoms with Gasteiger partial charge in [0.1, 0.15) is 11.5 Å². The van der Waals surface area contributed by atoms with Crippen LogP contribution in [-0.2, 0) is 21.3 Å². The van der Waals surface area contributed by atoms with Crippen LogP contribution in [0.4, 0.5) is 0 Å². The van der Waals surface area contributed by atoms with E-state index in [0.717, 1.165) is 0 Å². The summed E-state index contributed by atoms with van der Waals surface area (Å²) < 4.78 is 16.7. The molecule has 20 heavy (non-hydrogen) atoms. The lowest BCUT2D eigenvalue weighted by molar-refractivity contribution is -0.127. The zero-order valence-electron chi connectivity index (χ0n) is 10.9. The first-order valence-corrected chi connectivity index (χ1v) is 7.20. The third-order valence-electron chi connectivity index (χ3n) is 2.44. The average molecular weight is 298 g/mol. The predicted molar refractivity (Wildman–Crippen MR) is 70.2 cm³/mol. The van der Waals surface area contributed by atoms with Crippen molar-refractivity contribution in [1.29, 1.82) is 5.26 Å². The molecular formula is C12H14N2O5S. The topological polar surface area (TPSA) is 112 Å². The van der Waals surface area contributed by atoms with Crippen molar-refractivity contribution in [2.24, 2.45) is 0 Å². The minimum atomic E-state index is -1.49. The predicted octanol–water partition coefficient (Wildman–Crippen LogP) is 0.599. The fourth-order valence-electron chi connectivity index (χ4n) is 1.37. The summed E-state index contributed by atoms with van der Waals surface area (Å²) in [6, 6.07) is 4.62. The lowest BCUT2D eigenvalue weighted by atomic mass is 10.4. The highest BCUT2D eigenvalue weighted by Gasteiger charge is 2.15. The number of hydrogen-bond acceptors (Lipinski definition) is 5. The zero-order valence-corrected chi connectivity index (χ0v) is 11.7. The van der Waals surface area contributed by atoms with E-state index in [9.17, 15) is 13.8 Å². The van der Waals surface area contributed by atoms with E-state index in [1.165, 1.54) is 24.1 Å². The van der Waals surface area contributed by atoms with Gasteiger partial charge in [0.05, 0.1) is 18.2 Å². The van der Waals surface area contributed by atoms with Crippen LogP contribution in [0.1, 0.15) is 22.7 Å². The fourth-order valence-corrected chi connectivity index (χ4v) is 2.44. The van der Waals surface area contributed by atoms with Crippen molar-refractivity contribution < 1.29 is 23.3 Å². The highest BCUT2D eigenvalue weighted by molar-refractivity contribution is 7.84. The van der Waals surface area contributed by atoms with Gasteiger partial charge in [-0.15, -0.1) is 0 Å². The van der Waals surface area contributed by atoms with E-state index in [-0.39, 0.29) is 41.9 Å². The molecular weight excluding hydrogens is 284 g/mol. The number of amides is 1. The van der Waals surface area contributed by atoms with Crippen molar-refractivity contribution in [2.75, 3.05) is 19.3 Å². The molecule has 1 aromatic heterocycles. The molecule has 0 fully saturated rings. The van der Waals surface area contributed by atoms with Gasteiger partial charge in [0, 0.05) is 24.4 Å². The Labute approximate surface area is 118 Å². The first-order chi connectivity index (χ1) is 9.43. The summed E-state index contributed by atoms with van der Waals surface area (Å²) >= 11 is 0. The molecule has 0 aliphatic heterocycles. The second-order valence-electron chi connectivity index (χ2n) is 4.02. The van der Waals surface area contributed by atoms with Crippen molar-refractivity contribution in [1.82, 2.24) is 4.90 Å². The molecule has 1 atom stereocenters. The number of nitrogens with zero attached hydrogens (tertiary/aromatic N) is 2. The Morgan fingerprint density at radius 3 is 2.75 bits per heavy atom. The first-order valence-electron chi connectivity index (χ1n) is 5.72. The SMILES string of the molecule is CN(CCC#N)C(=O)CS(=O)Cc1ccc(C(=O)O)o1. The van der Waals surface area contributed by atoms with Crippen LogP contribution in [0.25, 0.3) is 0 Å². The first kappa shape index (κ1) is 15.9. The smallest absolute Gasteiger partial charge is 0.371 e. The number of hydrogen-bond donors (Lipinski definition) is 1. The van der Waals surface area contributed by atoms with E-state index in [4.69, 9.17) is 14.8 Å². The summed E-state index contributed by atoms with van der Waals surface area (Å²) in [5.74, 6) is -1.71. The van der Waals surface area contributed by atoms with Crippen LogP contribution in [0.5, 0.6) is 0 Å². The van der Waals surface area contributed by atoms with Crippen molar-refractivity contribution in [3.8, 4) is 6.07 Å². The number of carbonyl (C=O) groups excluding carboxylic acids is 1. The largest absolute Gasteiger partial charge is 0.475 e. The minimum absolute atomic E-state index is 0.0227. The molecule has 0 aromatic carbocycles. The zero-order chi connectivity index (χ0) is 15.1. The molecule has 1 aromatic rings. The molecule has 8 heteroatoms. The summed E-state index contributed by atoms with van der Waals surface area (Å²) in [6.45, 7) is 0.288. The Bertz CT molecular complexity index is 560. The van der Waals surface area contributed by atoms with E-state index < -0.39 is 16.8 Å². The molecule has 0 aliphatic carbocycles. The van der Waals surface area contributed by atoms with Crippen molar-refractivity contribution >= 4 is 22.7 Å². The number of furan rings is 1. The standard InChI is InChI=1S/C12H14N2O5S/c1-14(6-2-5-13)11(15)8-20(18)7-9-3-4-10(19-9)12(16)17/h3-4H,2,6-8H2,1H3,(H,16,17). The highest BCUT2D eigenvalue weighted by Crippen LogP contribution is 2.10. The van der Waals surface area contributed by atoms with Gasteiger partial charge in [0.25, 0.3) is 0 Å². The number of rotatable bonds is 7. The Hall–Kier alpha value is -2.14. The van der Waals surface area contributed by atoms with Crippen LogP contribution in [0.15, 0.2) is 16.5 Å². The van der Waals surface area contributed by atoms with Crippen LogP contribution in [-0.4, -0.2) is 45.4 Å². The normalized spacial score (nSPS) is 11.6. The summed E-state index contributed by atoms with van der Waals surface area (Å²) in [4.78, 5) is 23.6. The third kappa shape index (κ3) is 4.85. The Morgan fingerprint density at radius 2 is 2.20 bits per heavy atom. The van der Waals surface area contributed by atoms with Gasteiger partial charge in [-0.25, -0.2) is 4.79 Å². The molecule has 1 N–H and O–H groups in total. The van der Waals surface area contributed by atoms with Crippen LogP contribution in [0.3, 0.4) is 0 Å². The molecule has 7 nitrogen and oxygen atoms in total. The Morgan fingerprint density at radius 1 is 1.50 bits per heavy atom. The molecule has 0 bridgehead atoms. The van der Waals surface area contributed by atoms with Gasteiger partial charge >= 0.3 is 5.97 Å². The van der Waals surface area contributed by atoms with E-state index in [2.05, 4.69) is 0 Å². The second-order valence-corrected chi connectivity index (χ2v) is 5.48. The lowest BCUT2D eigenvalue weighted by Crippen LogP contribution is -2.31. The average Bonchev–Trinajstić information content (AvgIpc) is 2.84. The molecule has 1 unspecified atom stereocenters. The highest BCUT2D eigenvalue weighted by atomic mass is 32.2. The van der Waals surface area contributed by atoms with Crippen LogP contribution >= 0.6 is 0 Å². The van der Waals surface area contributed by atoms with Crippen LogP contribution in [0, 0.1) is 11.3 Å². The summed E-state index contributed by atoms with van der Waals surface area (Å²) in [5.41, 5.74) is 0. The van der Waals surface area contributed by atoms with Crippen molar-refractivity contribution in [2.45, 2.75) is 12.2 Å². The van der Waals surface area contributed by atoms with Gasteiger partial charge in [-0.2, -0.15) is 5.26 Å². The summed E-state index contributed by atoms with van der Waals surface area (Å²) in [7, 11) is 0.0461. The molecule has 1 amide bonds. The summed E-state index contributed by atoms with van der Waals surface area (Å²) in [5, 5.41) is 17.1. The van der Waals surface area contributed by atoms with E-state index in [1.807, 2.05) is 6.07 Å². The van der Waals surface area contributed by atoms with Gasteiger partial charge in [0.15, 0.2) is 0 Å². The molecule has 0 saturated carbocycles. The van der Waals surface area contributed by atoms with Crippen molar-refractivity contribution in [3.63, 3.8) is 0 Å². The van der Waals surface area contributed by atoms with Gasteiger partial charge in [-0.1, -0.05) is 0 Å². The number of aromatic carboxylic acids is 1. The monoisotopic (exact) mass is 298 g/mol. The maximum atomic E-state index is 11.8. The molecule has 1 rings (SSSR count). The van der Waals surface area contributed by atoms with Gasteiger partial charge in [-0.3, -0.25) is 9.00 Å². The number of carboxylic acids is 1. The van der Waals surface area contributed by atoms with E-state index in [0.29, 0.717) is 0 Å². The quantitative estimate of drug-likeness (QED) is 0.789. The van der Waals surface area contributed by atoms with E-state index >= 15 is 0 Å².